The van der Waals surface area contributed by atoms with Crippen molar-refractivity contribution in [2.24, 2.45) is 0 Å². The third-order valence-electron chi connectivity index (χ3n) is 4.99. The van der Waals surface area contributed by atoms with Crippen LogP contribution in [0.25, 0.3) is 0 Å². The predicted octanol–water partition coefficient (Wildman–Crippen LogP) is 3.49. The van der Waals surface area contributed by atoms with E-state index in [4.69, 9.17) is 30.5 Å². The lowest BCUT2D eigenvalue weighted by molar-refractivity contribution is -0.230. The average molecular weight is 371 g/mol. The van der Waals surface area contributed by atoms with Crippen LogP contribution in [0.15, 0.2) is 12.1 Å². The van der Waals surface area contributed by atoms with Crippen LogP contribution in [-0.2, 0) is 25.6 Å². The van der Waals surface area contributed by atoms with Gasteiger partial charge in [0, 0.05) is 5.02 Å². The summed E-state index contributed by atoms with van der Waals surface area (Å²) in [6, 6.07) is 4.00. The summed E-state index contributed by atoms with van der Waals surface area (Å²) >= 11 is 6.45. The van der Waals surface area contributed by atoms with Crippen LogP contribution in [0.3, 0.4) is 0 Å². The topological polar surface area (TPSA) is 57.2 Å². The minimum atomic E-state index is -0.725. The van der Waals surface area contributed by atoms with Crippen molar-refractivity contribution in [3.63, 3.8) is 0 Å². The molecule has 140 valence electrons. The van der Waals surface area contributed by atoms with E-state index in [1.807, 2.05) is 46.8 Å². The fourth-order valence-corrected chi connectivity index (χ4v) is 3.64. The highest BCUT2D eigenvalue weighted by atomic mass is 35.5. The largest absolute Gasteiger partial charge is 0.390 e. The Morgan fingerprint density at radius 2 is 2.00 bits per heavy atom. The van der Waals surface area contributed by atoms with Crippen molar-refractivity contribution in [2.45, 2.75) is 84.1 Å². The Hall–Kier alpha value is -0.690. The van der Waals surface area contributed by atoms with Crippen LogP contribution in [0.1, 0.15) is 43.9 Å². The summed E-state index contributed by atoms with van der Waals surface area (Å²) in [5.74, 6) is -0.725. The molecule has 0 bridgehead atoms. The third-order valence-corrected chi connectivity index (χ3v) is 5.52. The minimum absolute atomic E-state index is 0.327. The van der Waals surface area contributed by atoms with E-state index < -0.39 is 30.4 Å². The zero-order valence-electron chi connectivity index (χ0n) is 15.4. The molecule has 0 saturated carbocycles. The number of halogens is 1. The number of aliphatic hydroxyl groups excluding tert-OH is 1. The second-order valence-corrected chi connectivity index (χ2v) is 7.68. The molecule has 6 heteroatoms. The van der Waals surface area contributed by atoms with E-state index in [2.05, 4.69) is 0 Å². The van der Waals surface area contributed by atoms with Crippen molar-refractivity contribution in [1.82, 2.24) is 0 Å². The van der Waals surface area contributed by atoms with Crippen molar-refractivity contribution in [2.75, 3.05) is 0 Å². The van der Waals surface area contributed by atoms with E-state index >= 15 is 0 Å². The molecule has 2 aliphatic rings. The van der Waals surface area contributed by atoms with Gasteiger partial charge in [0.1, 0.15) is 18.3 Å². The number of rotatable bonds is 5. The van der Waals surface area contributed by atoms with Gasteiger partial charge in [-0.25, -0.2) is 0 Å². The lowest BCUT2D eigenvalue weighted by Crippen LogP contribution is -2.42. The highest BCUT2D eigenvalue weighted by Gasteiger charge is 2.56. The van der Waals surface area contributed by atoms with E-state index in [0.29, 0.717) is 18.1 Å². The molecule has 5 atom stereocenters. The number of benzene rings is 1. The standard InChI is InChI=1S/C19H27ClO5/c1-6-13(21)15-16(17-18(23-15)25-19(4,5)24-17)22-9-12-8-7-10(2)11(3)14(12)20/h7-8,13,15-18,21H,6,9H2,1-5H3/t13-,15-,16+,17-,18-/m1/s1. The van der Waals surface area contributed by atoms with Crippen molar-refractivity contribution >= 4 is 11.6 Å². The van der Waals surface area contributed by atoms with Gasteiger partial charge in [0.15, 0.2) is 12.1 Å². The normalized spacial score (nSPS) is 32.0. The molecule has 0 radical (unpaired) electrons. The summed E-state index contributed by atoms with van der Waals surface area (Å²) in [6.45, 7) is 9.95. The van der Waals surface area contributed by atoms with E-state index in [1.54, 1.807) is 0 Å². The molecule has 1 aromatic rings. The van der Waals surface area contributed by atoms with Crippen molar-refractivity contribution in [1.29, 1.82) is 0 Å². The number of aryl methyl sites for hydroxylation is 1. The second kappa shape index (κ2) is 7.14. The average Bonchev–Trinajstić information content (AvgIpc) is 3.03. The van der Waals surface area contributed by atoms with Crippen molar-refractivity contribution < 1.29 is 24.1 Å². The lowest BCUT2D eigenvalue weighted by atomic mass is 10.0. The third kappa shape index (κ3) is 3.72. The smallest absolute Gasteiger partial charge is 0.190 e. The number of hydrogen-bond acceptors (Lipinski definition) is 5. The van der Waals surface area contributed by atoms with Gasteiger partial charge in [0.25, 0.3) is 0 Å². The molecule has 0 spiro atoms. The highest BCUT2D eigenvalue weighted by Crippen LogP contribution is 2.40. The summed E-state index contributed by atoms with van der Waals surface area (Å²) in [5, 5.41) is 11.0. The zero-order valence-corrected chi connectivity index (χ0v) is 16.2. The van der Waals surface area contributed by atoms with Gasteiger partial charge >= 0.3 is 0 Å². The molecular weight excluding hydrogens is 344 g/mol. The lowest BCUT2D eigenvalue weighted by Gasteiger charge is -2.28. The second-order valence-electron chi connectivity index (χ2n) is 7.30. The van der Waals surface area contributed by atoms with E-state index in [-0.39, 0.29) is 6.10 Å². The summed E-state index contributed by atoms with van der Waals surface area (Å²) < 4.78 is 23.8. The number of aliphatic hydroxyl groups is 1. The van der Waals surface area contributed by atoms with Gasteiger partial charge in [0.2, 0.25) is 0 Å². The maximum atomic E-state index is 10.3. The number of ether oxygens (including phenoxy) is 4. The van der Waals surface area contributed by atoms with Crippen molar-refractivity contribution in [3.05, 3.63) is 33.8 Å². The van der Waals surface area contributed by atoms with Crippen LogP contribution < -0.4 is 0 Å². The van der Waals surface area contributed by atoms with Gasteiger partial charge in [-0.1, -0.05) is 30.7 Å². The first-order valence-electron chi connectivity index (χ1n) is 8.79. The minimum Gasteiger partial charge on any atom is -0.390 e. The molecule has 1 N–H and O–H groups in total. The molecule has 5 nitrogen and oxygen atoms in total. The highest BCUT2D eigenvalue weighted by molar-refractivity contribution is 6.32. The summed E-state index contributed by atoms with van der Waals surface area (Å²) in [4.78, 5) is 0. The SMILES string of the molecule is CC[C@@H](O)[C@H]1O[C@@H]2OC(C)(C)O[C@@H]2[C@H]1OCc1ccc(C)c(C)c1Cl. The maximum absolute atomic E-state index is 10.3. The fraction of sp³-hybridized carbons (Fsp3) is 0.684. The molecule has 2 saturated heterocycles. The van der Waals surface area contributed by atoms with Crippen LogP contribution in [-0.4, -0.2) is 41.6 Å². The van der Waals surface area contributed by atoms with Crippen LogP contribution in [0, 0.1) is 13.8 Å². The molecule has 1 aromatic carbocycles. The van der Waals surface area contributed by atoms with E-state index in [0.717, 1.165) is 16.7 Å². The first-order chi connectivity index (χ1) is 11.7. The Kier molecular flexibility index (Phi) is 5.45. The molecule has 2 aliphatic heterocycles. The van der Waals surface area contributed by atoms with Gasteiger partial charge in [-0.2, -0.15) is 0 Å². The Labute approximate surface area is 154 Å². The van der Waals surface area contributed by atoms with Crippen LogP contribution in [0.5, 0.6) is 0 Å². The zero-order chi connectivity index (χ0) is 18.4. The quantitative estimate of drug-likeness (QED) is 0.859. The molecule has 2 fully saturated rings. The summed E-state index contributed by atoms with van der Waals surface area (Å²) in [5.41, 5.74) is 3.11. The molecule has 0 aliphatic carbocycles. The summed E-state index contributed by atoms with van der Waals surface area (Å²) in [7, 11) is 0. The Balaban J connectivity index is 1.77. The molecule has 0 amide bonds. The molecule has 25 heavy (non-hydrogen) atoms. The van der Waals surface area contributed by atoms with E-state index in [1.165, 1.54) is 0 Å². The monoisotopic (exact) mass is 370 g/mol. The Morgan fingerprint density at radius 1 is 1.28 bits per heavy atom. The van der Waals surface area contributed by atoms with Crippen molar-refractivity contribution in [3.8, 4) is 0 Å². The molecular formula is C19H27ClO5. The molecule has 2 heterocycles. The molecule has 0 unspecified atom stereocenters. The first kappa shape index (κ1) is 19.1. The van der Waals surface area contributed by atoms with Gasteiger partial charge in [-0.05, 0) is 50.8 Å². The number of fused-ring (bicyclic) bond motifs is 1. The van der Waals surface area contributed by atoms with Gasteiger partial charge in [-0.3, -0.25) is 0 Å². The van der Waals surface area contributed by atoms with Gasteiger partial charge < -0.3 is 24.1 Å². The van der Waals surface area contributed by atoms with Gasteiger partial charge in [0.05, 0.1) is 12.7 Å². The first-order valence-corrected chi connectivity index (χ1v) is 9.16. The van der Waals surface area contributed by atoms with Gasteiger partial charge in [-0.15, -0.1) is 0 Å². The predicted molar refractivity (Wildman–Crippen MR) is 94.5 cm³/mol. The summed E-state index contributed by atoms with van der Waals surface area (Å²) in [6.07, 6.45) is -1.87. The molecule has 0 aromatic heterocycles. The van der Waals surface area contributed by atoms with E-state index in [9.17, 15) is 5.11 Å². The molecule has 3 rings (SSSR count). The number of hydrogen-bond donors (Lipinski definition) is 1. The fourth-order valence-electron chi connectivity index (χ4n) is 3.37. The Bertz CT molecular complexity index is 632. The van der Waals surface area contributed by atoms with Crippen LogP contribution in [0.4, 0.5) is 0 Å². The maximum Gasteiger partial charge on any atom is 0.190 e. The van der Waals surface area contributed by atoms with Crippen LogP contribution in [0.2, 0.25) is 5.02 Å². The van der Waals surface area contributed by atoms with Crippen LogP contribution >= 0.6 is 11.6 Å². The Morgan fingerprint density at radius 3 is 2.68 bits per heavy atom.